The van der Waals surface area contributed by atoms with Gasteiger partial charge in [0.15, 0.2) is 5.82 Å². The van der Waals surface area contributed by atoms with Crippen LogP contribution in [0.25, 0.3) is 11.0 Å². The molecule has 8 nitrogen and oxygen atoms in total. The van der Waals surface area contributed by atoms with Gasteiger partial charge in [-0.05, 0) is 57.1 Å². The van der Waals surface area contributed by atoms with E-state index in [9.17, 15) is 14.7 Å². The summed E-state index contributed by atoms with van der Waals surface area (Å²) in [5.41, 5.74) is 6.36. The van der Waals surface area contributed by atoms with Gasteiger partial charge in [-0.1, -0.05) is 44.2 Å². The molecule has 2 unspecified atom stereocenters. The number of carbonyl (C=O) groups is 1. The minimum atomic E-state index is -1.34. The zero-order chi connectivity index (χ0) is 24.9. The normalized spacial score (nSPS) is 32.0. The molecule has 1 aliphatic carbocycles. The Kier molecular flexibility index (Phi) is 6.28. The zero-order valence-electron chi connectivity index (χ0n) is 21.1. The molecule has 3 saturated heterocycles. The SMILES string of the molecule is NC1(C(=O)O)CCN(c2nc3ccccc3n(C3C[C@H]4CC[C@@H](C3)N4C3CCCCCCC3)c2=O)C1. The molecule has 3 N–H and O–H groups in total. The molecule has 1 saturated carbocycles. The largest absolute Gasteiger partial charge is 0.480 e. The second-order valence-electron chi connectivity index (χ2n) is 11.7. The number of nitrogens with two attached hydrogens (primary N) is 1. The number of hydrogen-bond acceptors (Lipinski definition) is 6. The van der Waals surface area contributed by atoms with E-state index in [1.165, 1.54) is 57.8 Å². The van der Waals surface area contributed by atoms with Crippen LogP contribution in [-0.4, -0.2) is 62.3 Å². The van der Waals surface area contributed by atoms with Gasteiger partial charge in [-0.15, -0.1) is 0 Å². The second kappa shape index (κ2) is 9.45. The molecule has 0 amide bonds. The van der Waals surface area contributed by atoms with Gasteiger partial charge in [0.2, 0.25) is 0 Å². The molecule has 4 aliphatic rings. The molecule has 1 aromatic carbocycles. The lowest BCUT2D eigenvalue weighted by atomic mass is 9.89. The topological polar surface area (TPSA) is 105 Å². The van der Waals surface area contributed by atoms with Gasteiger partial charge in [0.1, 0.15) is 5.54 Å². The summed E-state index contributed by atoms with van der Waals surface area (Å²) in [6.45, 7) is 0.531. The van der Waals surface area contributed by atoms with Crippen LogP contribution >= 0.6 is 0 Å². The average molecular weight is 494 g/mol. The fourth-order valence-corrected chi connectivity index (χ4v) is 7.62. The highest BCUT2D eigenvalue weighted by molar-refractivity contribution is 5.81. The molecule has 194 valence electrons. The molecule has 2 aromatic rings. The number of fused-ring (bicyclic) bond motifs is 3. The van der Waals surface area contributed by atoms with E-state index < -0.39 is 11.5 Å². The number of aromatic nitrogens is 2. The summed E-state index contributed by atoms with van der Waals surface area (Å²) in [5, 5.41) is 9.61. The van der Waals surface area contributed by atoms with Crippen molar-refractivity contribution in [3.8, 4) is 0 Å². The van der Waals surface area contributed by atoms with Crippen LogP contribution in [0, 0.1) is 0 Å². The summed E-state index contributed by atoms with van der Waals surface area (Å²) < 4.78 is 2.00. The van der Waals surface area contributed by atoms with E-state index in [-0.39, 0.29) is 18.1 Å². The molecular weight excluding hydrogens is 454 g/mol. The Morgan fingerprint density at radius 3 is 2.28 bits per heavy atom. The first-order valence-electron chi connectivity index (χ1n) is 14.0. The fraction of sp³-hybridized carbons (Fsp3) is 0.679. The van der Waals surface area contributed by atoms with Gasteiger partial charge in [-0.3, -0.25) is 14.5 Å². The van der Waals surface area contributed by atoms with Gasteiger partial charge in [0.25, 0.3) is 5.56 Å². The van der Waals surface area contributed by atoms with Crippen LogP contribution in [0.1, 0.15) is 83.1 Å². The van der Waals surface area contributed by atoms with Crippen molar-refractivity contribution in [1.29, 1.82) is 0 Å². The van der Waals surface area contributed by atoms with Crippen LogP contribution in [0.15, 0.2) is 29.1 Å². The van der Waals surface area contributed by atoms with Gasteiger partial charge < -0.3 is 20.3 Å². The molecule has 4 fully saturated rings. The number of carboxylic acid groups (broad SMARTS) is 1. The van der Waals surface area contributed by atoms with Gasteiger partial charge in [-0.2, -0.15) is 0 Å². The molecule has 6 rings (SSSR count). The standard InChI is InChI=1S/C28H39N5O3/c29-28(27(35)36)14-15-31(18-28)25-26(34)33(24-11-7-6-10-23(24)30-25)22-16-20-12-13-21(17-22)32(20)19-8-4-2-1-3-5-9-19/h6-7,10-11,19-22H,1-5,8-9,12-18,29H2,(H,35,36)/t20-,21+,22?,28?. The lowest BCUT2D eigenvalue weighted by Crippen LogP contribution is -2.51. The third kappa shape index (κ3) is 4.12. The van der Waals surface area contributed by atoms with Crippen molar-refractivity contribution < 1.29 is 9.90 Å². The van der Waals surface area contributed by atoms with Crippen molar-refractivity contribution in [2.24, 2.45) is 5.73 Å². The smallest absolute Gasteiger partial charge is 0.325 e. The molecule has 8 heteroatoms. The van der Waals surface area contributed by atoms with Crippen molar-refractivity contribution in [2.45, 2.75) is 107 Å². The zero-order valence-corrected chi connectivity index (χ0v) is 21.1. The molecule has 4 atom stereocenters. The van der Waals surface area contributed by atoms with E-state index in [1.807, 2.05) is 28.8 Å². The number of hydrogen-bond donors (Lipinski definition) is 2. The highest BCUT2D eigenvalue weighted by atomic mass is 16.4. The summed E-state index contributed by atoms with van der Waals surface area (Å²) >= 11 is 0. The minimum absolute atomic E-state index is 0.104. The maximum absolute atomic E-state index is 14.0. The number of aliphatic carboxylic acids is 1. The van der Waals surface area contributed by atoms with E-state index in [2.05, 4.69) is 4.90 Å². The maximum atomic E-state index is 14.0. The quantitative estimate of drug-likeness (QED) is 0.670. The number of rotatable bonds is 4. The monoisotopic (exact) mass is 493 g/mol. The van der Waals surface area contributed by atoms with E-state index in [0.717, 1.165) is 23.9 Å². The third-order valence-electron chi connectivity index (χ3n) is 9.43. The van der Waals surface area contributed by atoms with Crippen LogP contribution in [0.5, 0.6) is 0 Å². The molecule has 1 aromatic heterocycles. The maximum Gasteiger partial charge on any atom is 0.325 e. The van der Waals surface area contributed by atoms with Crippen LogP contribution in [0.3, 0.4) is 0 Å². The molecule has 36 heavy (non-hydrogen) atoms. The van der Waals surface area contributed by atoms with Crippen LogP contribution in [0.2, 0.25) is 0 Å². The first kappa shape index (κ1) is 23.9. The highest BCUT2D eigenvalue weighted by Crippen LogP contribution is 2.44. The van der Waals surface area contributed by atoms with Crippen LogP contribution in [-0.2, 0) is 4.79 Å². The predicted octanol–water partition coefficient (Wildman–Crippen LogP) is 3.67. The Morgan fingerprint density at radius 1 is 0.944 bits per heavy atom. The summed E-state index contributed by atoms with van der Waals surface area (Å²) in [6, 6.07) is 9.79. The Balaban J connectivity index is 1.33. The Labute approximate surface area is 212 Å². The molecule has 0 spiro atoms. The predicted molar refractivity (Wildman–Crippen MR) is 140 cm³/mol. The van der Waals surface area contributed by atoms with E-state index in [0.29, 0.717) is 36.9 Å². The van der Waals surface area contributed by atoms with Gasteiger partial charge >= 0.3 is 5.97 Å². The third-order valence-corrected chi connectivity index (χ3v) is 9.43. The number of para-hydroxylation sites is 2. The van der Waals surface area contributed by atoms with E-state index >= 15 is 0 Å². The summed E-state index contributed by atoms with van der Waals surface area (Å²) in [7, 11) is 0. The van der Waals surface area contributed by atoms with Crippen molar-refractivity contribution in [2.75, 3.05) is 18.0 Å². The van der Waals surface area contributed by atoms with Gasteiger partial charge in [0, 0.05) is 37.3 Å². The van der Waals surface area contributed by atoms with Crippen molar-refractivity contribution in [3.63, 3.8) is 0 Å². The van der Waals surface area contributed by atoms with Crippen molar-refractivity contribution >= 4 is 22.8 Å². The first-order chi connectivity index (χ1) is 17.4. The van der Waals surface area contributed by atoms with Gasteiger partial charge in [-0.25, -0.2) is 4.98 Å². The van der Waals surface area contributed by atoms with Crippen LogP contribution < -0.4 is 16.2 Å². The number of anilines is 1. The second-order valence-corrected chi connectivity index (χ2v) is 11.7. The number of nitrogens with zero attached hydrogens (tertiary/aromatic N) is 4. The number of carboxylic acids is 1. The van der Waals surface area contributed by atoms with Crippen molar-refractivity contribution in [1.82, 2.24) is 14.5 Å². The van der Waals surface area contributed by atoms with Gasteiger partial charge in [0.05, 0.1) is 11.0 Å². The molecular formula is C28H39N5O3. The summed E-state index contributed by atoms with van der Waals surface area (Å²) in [6.07, 6.45) is 14.2. The summed E-state index contributed by atoms with van der Waals surface area (Å²) in [4.78, 5) is 35.1. The Bertz CT molecular complexity index is 1180. The molecule has 4 heterocycles. The Morgan fingerprint density at radius 2 is 1.61 bits per heavy atom. The lowest BCUT2D eigenvalue weighted by molar-refractivity contribution is -0.142. The average Bonchev–Trinajstić information content (AvgIpc) is 3.36. The molecule has 0 radical (unpaired) electrons. The van der Waals surface area contributed by atoms with Crippen LogP contribution in [0.4, 0.5) is 5.82 Å². The molecule has 3 aliphatic heterocycles. The summed E-state index contributed by atoms with van der Waals surface area (Å²) in [5.74, 6) is -0.679. The lowest BCUT2D eigenvalue weighted by Gasteiger charge is -2.45. The fourth-order valence-electron chi connectivity index (χ4n) is 7.62. The van der Waals surface area contributed by atoms with Crippen molar-refractivity contribution in [3.05, 3.63) is 34.6 Å². The van der Waals surface area contributed by atoms with E-state index in [1.54, 1.807) is 4.90 Å². The molecule has 2 bridgehead atoms. The highest BCUT2D eigenvalue weighted by Gasteiger charge is 2.46. The first-order valence-corrected chi connectivity index (χ1v) is 14.0. The Hall–Kier alpha value is -2.45. The van der Waals surface area contributed by atoms with E-state index in [4.69, 9.17) is 10.7 Å². The number of benzene rings is 1. The number of piperidine rings is 1. The minimum Gasteiger partial charge on any atom is -0.480 e.